The average Bonchev–Trinajstić information content (AvgIpc) is 3.90. The summed E-state index contributed by atoms with van der Waals surface area (Å²) in [6, 6.07) is 68.6. The van der Waals surface area contributed by atoms with Crippen LogP contribution in [0.3, 0.4) is 0 Å². The lowest BCUT2D eigenvalue weighted by molar-refractivity contribution is 1.06. The third-order valence-corrected chi connectivity index (χ3v) is 12.4. The molecule has 8 heteroatoms. The van der Waals surface area contributed by atoms with E-state index in [2.05, 4.69) is 83.4 Å². The van der Waals surface area contributed by atoms with Gasteiger partial charge < -0.3 is 4.57 Å². The highest BCUT2D eigenvalue weighted by molar-refractivity contribution is 7.26. The SMILES string of the molecule is c1ccc(-c2nc(-c3ccccc3)nc(-c3ccc(-n4c5ccccc5c5ccc6sc7ccccc7c6c54)c(-c4nc(-c5ccccc5)nc(-c5ccccc5)n4)c3)n2)cc1. The first-order chi connectivity index (χ1) is 30.7. The molecule has 0 unspecified atom stereocenters. The molecule has 4 heterocycles. The second-order valence-corrected chi connectivity index (χ2v) is 16.2. The topological polar surface area (TPSA) is 82.3 Å². The molecule has 0 atom stereocenters. The minimum Gasteiger partial charge on any atom is -0.308 e. The fraction of sp³-hybridized carbons (Fsp3) is 0. The maximum atomic E-state index is 5.31. The fourth-order valence-corrected chi connectivity index (χ4v) is 9.54. The summed E-state index contributed by atoms with van der Waals surface area (Å²) in [5.41, 5.74) is 8.34. The molecule has 0 N–H and O–H groups in total. The summed E-state index contributed by atoms with van der Waals surface area (Å²) >= 11 is 1.82. The van der Waals surface area contributed by atoms with E-state index >= 15 is 0 Å². The van der Waals surface area contributed by atoms with Crippen LogP contribution in [0, 0.1) is 0 Å². The first kappa shape index (κ1) is 35.7. The van der Waals surface area contributed by atoms with Crippen molar-refractivity contribution in [3.63, 3.8) is 0 Å². The van der Waals surface area contributed by atoms with E-state index in [-0.39, 0.29) is 0 Å². The van der Waals surface area contributed by atoms with E-state index in [1.165, 1.54) is 25.6 Å². The zero-order valence-electron chi connectivity index (χ0n) is 33.1. The Balaban J connectivity index is 1.19. The van der Waals surface area contributed by atoms with Crippen LogP contribution in [0.1, 0.15) is 0 Å². The predicted octanol–water partition coefficient (Wildman–Crippen LogP) is 13.5. The second kappa shape index (κ2) is 14.8. The summed E-state index contributed by atoms with van der Waals surface area (Å²) < 4.78 is 4.88. The third-order valence-electron chi connectivity index (χ3n) is 11.3. The van der Waals surface area contributed by atoms with Gasteiger partial charge in [-0.05, 0) is 36.4 Å². The van der Waals surface area contributed by atoms with Crippen LogP contribution in [0.4, 0.5) is 0 Å². The Labute approximate surface area is 360 Å². The second-order valence-electron chi connectivity index (χ2n) is 15.1. The van der Waals surface area contributed by atoms with Crippen LogP contribution in [-0.2, 0) is 0 Å². The number of thiophene rings is 1. The number of rotatable bonds is 7. The molecule has 290 valence electrons. The molecule has 7 nitrogen and oxygen atoms in total. The van der Waals surface area contributed by atoms with Gasteiger partial charge in [-0.1, -0.05) is 164 Å². The van der Waals surface area contributed by atoms with Crippen LogP contribution >= 0.6 is 11.3 Å². The molecule has 62 heavy (non-hydrogen) atoms. The van der Waals surface area contributed by atoms with Crippen LogP contribution in [0.25, 0.3) is 116 Å². The van der Waals surface area contributed by atoms with Gasteiger partial charge in [0.2, 0.25) is 0 Å². The van der Waals surface area contributed by atoms with Crippen molar-refractivity contribution in [2.75, 3.05) is 0 Å². The molecule has 4 aromatic heterocycles. The standard InChI is InChI=1S/C54H33N7S/c1-5-17-34(18-6-1)49-55-50(35-19-7-2-8-20-35)58-53(57-49)38-29-31-44(42(33-38)54-59-51(36-21-9-3-10-22-36)56-52(60-54)37-23-11-4-12-24-37)61-43-27-15-13-25-39(43)40-30-32-46-47(48(40)61)41-26-14-16-28-45(41)62-46/h1-33H. The summed E-state index contributed by atoms with van der Waals surface area (Å²) in [6.45, 7) is 0. The number of hydrogen-bond donors (Lipinski definition) is 0. The van der Waals surface area contributed by atoms with Gasteiger partial charge in [-0.3, -0.25) is 0 Å². The zero-order valence-corrected chi connectivity index (χ0v) is 33.9. The summed E-state index contributed by atoms with van der Waals surface area (Å²) in [5, 5.41) is 4.79. The van der Waals surface area contributed by atoms with Crippen LogP contribution in [0.15, 0.2) is 200 Å². The lowest BCUT2D eigenvalue weighted by Crippen LogP contribution is -2.05. The number of fused-ring (bicyclic) bond motifs is 7. The quantitative estimate of drug-likeness (QED) is 0.159. The van der Waals surface area contributed by atoms with Crippen molar-refractivity contribution in [3.05, 3.63) is 200 Å². The molecule has 0 spiro atoms. The normalized spacial score (nSPS) is 11.5. The van der Waals surface area contributed by atoms with E-state index in [1.54, 1.807) is 0 Å². The van der Waals surface area contributed by atoms with E-state index in [0.29, 0.717) is 34.9 Å². The Morgan fingerprint density at radius 3 is 1.32 bits per heavy atom. The number of aromatic nitrogens is 7. The monoisotopic (exact) mass is 811 g/mol. The molecule has 12 aromatic rings. The van der Waals surface area contributed by atoms with E-state index in [1.807, 2.05) is 133 Å². The van der Waals surface area contributed by atoms with Gasteiger partial charge in [-0.15, -0.1) is 11.3 Å². The van der Waals surface area contributed by atoms with Gasteiger partial charge >= 0.3 is 0 Å². The first-order valence-electron chi connectivity index (χ1n) is 20.5. The molecule has 0 radical (unpaired) electrons. The Bertz CT molecular complexity index is 3510. The van der Waals surface area contributed by atoms with Crippen LogP contribution in [0.2, 0.25) is 0 Å². The van der Waals surface area contributed by atoms with Crippen molar-refractivity contribution in [2.24, 2.45) is 0 Å². The minimum absolute atomic E-state index is 0.531. The number of para-hydroxylation sites is 1. The highest BCUT2D eigenvalue weighted by Gasteiger charge is 2.24. The molecule has 12 rings (SSSR count). The molecule has 0 aliphatic carbocycles. The third kappa shape index (κ3) is 6.12. The molecular formula is C54H33N7S. The highest BCUT2D eigenvalue weighted by Crippen LogP contribution is 2.45. The van der Waals surface area contributed by atoms with Crippen LogP contribution < -0.4 is 0 Å². The lowest BCUT2D eigenvalue weighted by atomic mass is 10.0. The van der Waals surface area contributed by atoms with Gasteiger partial charge in [-0.2, -0.15) is 0 Å². The number of hydrogen-bond acceptors (Lipinski definition) is 7. The molecule has 0 saturated heterocycles. The lowest BCUT2D eigenvalue weighted by Gasteiger charge is -2.17. The summed E-state index contributed by atoms with van der Waals surface area (Å²) in [6.07, 6.45) is 0. The summed E-state index contributed by atoms with van der Waals surface area (Å²) in [5.74, 6) is 3.41. The van der Waals surface area contributed by atoms with Crippen molar-refractivity contribution in [1.29, 1.82) is 0 Å². The molecule has 0 fully saturated rings. The number of nitrogens with zero attached hydrogens (tertiary/aromatic N) is 7. The van der Waals surface area contributed by atoms with Crippen LogP contribution in [-0.4, -0.2) is 34.5 Å². The average molecular weight is 812 g/mol. The van der Waals surface area contributed by atoms with Gasteiger partial charge in [0.25, 0.3) is 0 Å². The van der Waals surface area contributed by atoms with Crippen LogP contribution in [0.5, 0.6) is 0 Å². The first-order valence-corrected chi connectivity index (χ1v) is 21.3. The van der Waals surface area contributed by atoms with Gasteiger partial charge in [0.1, 0.15) is 0 Å². The Morgan fingerprint density at radius 2 is 0.774 bits per heavy atom. The largest absolute Gasteiger partial charge is 0.308 e. The molecule has 0 aliphatic rings. The molecule has 0 amide bonds. The maximum Gasteiger partial charge on any atom is 0.166 e. The maximum absolute atomic E-state index is 5.31. The van der Waals surface area contributed by atoms with Gasteiger partial charge in [-0.25, -0.2) is 29.9 Å². The van der Waals surface area contributed by atoms with E-state index in [0.717, 1.165) is 55.5 Å². The smallest absolute Gasteiger partial charge is 0.166 e. The van der Waals surface area contributed by atoms with Crippen molar-refractivity contribution >= 4 is 53.3 Å². The van der Waals surface area contributed by atoms with Crippen molar-refractivity contribution in [2.45, 2.75) is 0 Å². The molecule has 0 aliphatic heterocycles. The van der Waals surface area contributed by atoms with E-state index in [4.69, 9.17) is 29.9 Å². The van der Waals surface area contributed by atoms with Crippen molar-refractivity contribution in [1.82, 2.24) is 34.5 Å². The van der Waals surface area contributed by atoms with Gasteiger partial charge in [0.15, 0.2) is 34.9 Å². The molecular weight excluding hydrogens is 779 g/mol. The Hall–Kier alpha value is -8.20. The highest BCUT2D eigenvalue weighted by atomic mass is 32.1. The predicted molar refractivity (Wildman–Crippen MR) is 253 cm³/mol. The zero-order chi connectivity index (χ0) is 41.0. The van der Waals surface area contributed by atoms with Gasteiger partial charge in [0, 0.05) is 64.3 Å². The Morgan fingerprint density at radius 1 is 0.323 bits per heavy atom. The number of benzene rings is 8. The minimum atomic E-state index is 0.531. The molecule has 8 aromatic carbocycles. The van der Waals surface area contributed by atoms with Crippen molar-refractivity contribution < 1.29 is 0 Å². The van der Waals surface area contributed by atoms with E-state index in [9.17, 15) is 0 Å². The molecule has 0 saturated carbocycles. The summed E-state index contributed by atoms with van der Waals surface area (Å²) in [7, 11) is 0. The summed E-state index contributed by atoms with van der Waals surface area (Å²) in [4.78, 5) is 31.0. The van der Waals surface area contributed by atoms with Crippen molar-refractivity contribution in [3.8, 4) is 74.0 Å². The Kier molecular flexibility index (Phi) is 8.53. The fourth-order valence-electron chi connectivity index (χ4n) is 8.43. The van der Waals surface area contributed by atoms with E-state index < -0.39 is 0 Å². The molecule has 0 bridgehead atoms. The van der Waals surface area contributed by atoms with Gasteiger partial charge in [0.05, 0.1) is 16.7 Å².